The molecule has 2 aliphatic rings. The summed E-state index contributed by atoms with van der Waals surface area (Å²) >= 11 is 0. The minimum atomic E-state index is 0.158. The maximum absolute atomic E-state index is 6.76. The molecular weight excluding hydrogens is 408 g/mol. The fraction of sp³-hybridized carbons (Fsp3) is 0.321. The molecule has 4 aromatic rings. The highest BCUT2D eigenvalue weighted by Crippen LogP contribution is 2.38. The number of rotatable bonds is 5. The molecule has 2 aromatic heterocycles. The van der Waals surface area contributed by atoms with Crippen molar-refractivity contribution in [3.63, 3.8) is 0 Å². The summed E-state index contributed by atoms with van der Waals surface area (Å²) in [4.78, 5) is 11.2. The van der Waals surface area contributed by atoms with Crippen LogP contribution < -0.4 is 5.73 Å². The fourth-order valence-electron chi connectivity index (χ4n) is 5.54. The molecule has 5 heteroatoms. The number of nitrogen functional groups attached to an aromatic ring is 1. The Hall–Kier alpha value is -3.31. The summed E-state index contributed by atoms with van der Waals surface area (Å²) < 4.78 is 2.36. The lowest BCUT2D eigenvalue weighted by atomic mass is 9.93. The Morgan fingerprint density at radius 2 is 1.79 bits per heavy atom. The van der Waals surface area contributed by atoms with E-state index in [1.165, 1.54) is 40.6 Å². The minimum Gasteiger partial charge on any atom is -0.410 e. The molecule has 33 heavy (non-hydrogen) atoms. The number of nitrogens with two attached hydrogens (primary N) is 1. The number of allylic oxidation sites excluding steroid dienone is 1. The number of aryl methyl sites for hydroxylation is 2. The van der Waals surface area contributed by atoms with Crippen LogP contribution in [0.1, 0.15) is 49.0 Å². The largest absolute Gasteiger partial charge is 0.410 e. The second-order valence-electron chi connectivity index (χ2n) is 9.24. The number of hydrogen-bond acceptors (Lipinski definition) is 4. The Balaban J connectivity index is 1.31. The lowest BCUT2D eigenvalue weighted by Gasteiger charge is -2.23. The van der Waals surface area contributed by atoms with E-state index in [0.29, 0.717) is 0 Å². The van der Waals surface area contributed by atoms with Gasteiger partial charge in [0.15, 0.2) is 0 Å². The summed E-state index contributed by atoms with van der Waals surface area (Å²) in [5.41, 5.74) is 13.7. The van der Waals surface area contributed by atoms with Crippen LogP contribution in [-0.2, 0) is 24.2 Å². The summed E-state index contributed by atoms with van der Waals surface area (Å²) in [5.74, 6) is 0.960. The summed E-state index contributed by atoms with van der Waals surface area (Å²) in [6, 6.07) is 19.3. The minimum absolute atomic E-state index is 0.158. The molecule has 2 N–H and O–H groups in total. The summed E-state index contributed by atoms with van der Waals surface area (Å²) in [6.45, 7) is 3.73. The number of para-hydroxylation sites is 1. The van der Waals surface area contributed by atoms with Crippen LogP contribution >= 0.6 is 0 Å². The van der Waals surface area contributed by atoms with Gasteiger partial charge in [-0.25, -0.2) is 4.98 Å². The second-order valence-corrected chi connectivity index (χ2v) is 9.24. The maximum Gasteiger partial charge on any atom is 0.143 e. The normalized spacial score (nSPS) is 18.5. The van der Waals surface area contributed by atoms with E-state index in [-0.39, 0.29) is 6.04 Å². The van der Waals surface area contributed by atoms with E-state index >= 15 is 0 Å². The first-order valence-electron chi connectivity index (χ1n) is 12.1. The molecule has 0 bridgehead atoms. The van der Waals surface area contributed by atoms with Gasteiger partial charge in [0.2, 0.25) is 0 Å². The zero-order valence-electron chi connectivity index (χ0n) is 19.1. The van der Waals surface area contributed by atoms with E-state index in [1.807, 2.05) is 6.92 Å². The van der Waals surface area contributed by atoms with Gasteiger partial charge in [0.25, 0.3) is 0 Å². The topological polar surface area (TPSA) is 56.3 Å². The van der Waals surface area contributed by atoms with Crippen LogP contribution in [0.4, 0.5) is 5.69 Å². The second kappa shape index (κ2) is 8.23. The standard InChI is InChI=1S/C28H30N4O/c1-19-18-25(20-10-3-2-4-11-20)32(33-19)17-9-16-31-24-15-8-6-13-22(24)26-27(29)21-12-5-7-14-23(21)30-28(26)31/h2-4,6,8,10-11,13,15,18,25H,5,7,9,12,14,16-17H2,1H3,(H2,29,30). The van der Waals surface area contributed by atoms with Gasteiger partial charge in [-0.2, -0.15) is 0 Å². The summed E-state index contributed by atoms with van der Waals surface area (Å²) in [5, 5.41) is 4.44. The average Bonchev–Trinajstić information content (AvgIpc) is 3.38. The van der Waals surface area contributed by atoms with E-state index in [1.54, 1.807) is 0 Å². The number of anilines is 1. The zero-order valence-corrected chi connectivity index (χ0v) is 19.1. The molecule has 1 aliphatic heterocycles. The molecule has 0 spiro atoms. The molecule has 1 aliphatic carbocycles. The highest BCUT2D eigenvalue weighted by atomic mass is 16.7. The van der Waals surface area contributed by atoms with Crippen molar-refractivity contribution >= 4 is 27.6 Å². The lowest BCUT2D eigenvalue weighted by molar-refractivity contribution is -0.119. The Morgan fingerprint density at radius 3 is 2.67 bits per heavy atom. The Bertz CT molecular complexity index is 1360. The maximum atomic E-state index is 6.76. The van der Waals surface area contributed by atoms with E-state index in [4.69, 9.17) is 15.6 Å². The van der Waals surface area contributed by atoms with Gasteiger partial charge in [-0.05, 0) is 62.3 Å². The number of hydroxylamine groups is 2. The van der Waals surface area contributed by atoms with Crippen molar-refractivity contribution in [2.45, 2.75) is 51.6 Å². The van der Waals surface area contributed by atoms with Crippen LogP contribution in [0.2, 0.25) is 0 Å². The zero-order chi connectivity index (χ0) is 22.4. The molecule has 0 amide bonds. The number of nitrogens with zero attached hydrogens (tertiary/aromatic N) is 3. The van der Waals surface area contributed by atoms with Crippen molar-refractivity contribution in [2.24, 2.45) is 0 Å². The van der Waals surface area contributed by atoms with Crippen LogP contribution in [0.3, 0.4) is 0 Å². The van der Waals surface area contributed by atoms with Gasteiger partial charge in [-0.3, -0.25) is 0 Å². The van der Waals surface area contributed by atoms with E-state index in [0.717, 1.165) is 54.8 Å². The first-order valence-corrected chi connectivity index (χ1v) is 12.1. The monoisotopic (exact) mass is 438 g/mol. The number of hydrogen-bond donors (Lipinski definition) is 1. The van der Waals surface area contributed by atoms with Crippen LogP contribution in [0.25, 0.3) is 21.9 Å². The number of aromatic nitrogens is 2. The van der Waals surface area contributed by atoms with E-state index < -0.39 is 0 Å². The van der Waals surface area contributed by atoms with Crippen molar-refractivity contribution in [1.82, 2.24) is 14.6 Å². The molecule has 3 heterocycles. The summed E-state index contributed by atoms with van der Waals surface area (Å²) in [6.07, 6.45) is 7.63. The molecule has 2 aromatic carbocycles. The predicted molar refractivity (Wildman–Crippen MR) is 134 cm³/mol. The Kier molecular flexibility index (Phi) is 5.07. The molecule has 0 radical (unpaired) electrons. The Labute approximate surface area is 194 Å². The SMILES string of the molecule is CC1=CC(c2ccccc2)N(CCCn2c3ccccc3c3c(N)c4c(nc32)CCCC4)O1. The third kappa shape index (κ3) is 3.47. The fourth-order valence-corrected chi connectivity index (χ4v) is 5.54. The van der Waals surface area contributed by atoms with Gasteiger partial charge in [0.1, 0.15) is 11.4 Å². The smallest absolute Gasteiger partial charge is 0.143 e. The molecule has 168 valence electrons. The van der Waals surface area contributed by atoms with Gasteiger partial charge >= 0.3 is 0 Å². The molecule has 0 fully saturated rings. The first-order chi connectivity index (χ1) is 16.2. The van der Waals surface area contributed by atoms with Crippen molar-refractivity contribution < 1.29 is 4.84 Å². The van der Waals surface area contributed by atoms with Gasteiger partial charge in [-0.15, -0.1) is 5.06 Å². The molecule has 0 saturated carbocycles. The van der Waals surface area contributed by atoms with Crippen LogP contribution in [0, 0.1) is 0 Å². The molecular formula is C28H30N4O. The molecule has 0 saturated heterocycles. The van der Waals surface area contributed by atoms with Gasteiger partial charge < -0.3 is 15.1 Å². The van der Waals surface area contributed by atoms with Crippen molar-refractivity contribution in [3.8, 4) is 0 Å². The third-order valence-electron chi connectivity index (χ3n) is 7.08. The molecule has 1 atom stereocenters. The van der Waals surface area contributed by atoms with Gasteiger partial charge in [-0.1, -0.05) is 48.5 Å². The van der Waals surface area contributed by atoms with Crippen LogP contribution in [0.5, 0.6) is 0 Å². The van der Waals surface area contributed by atoms with Crippen molar-refractivity contribution in [2.75, 3.05) is 12.3 Å². The Morgan fingerprint density at radius 1 is 1.00 bits per heavy atom. The molecule has 1 unspecified atom stereocenters. The first kappa shape index (κ1) is 20.3. The lowest BCUT2D eigenvalue weighted by Crippen LogP contribution is -2.25. The number of pyridine rings is 1. The number of benzene rings is 2. The average molecular weight is 439 g/mol. The molecule has 5 nitrogen and oxygen atoms in total. The van der Waals surface area contributed by atoms with E-state index in [9.17, 15) is 0 Å². The summed E-state index contributed by atoms with van der Waals surface area (Å²) in [7, 11) is 0. The highest BCUT2D eigenvalue weighted by Gasteiger charge is 2.27. The van der Waals surface area contributed by atoms with E-state index in [2.05, 4.69) is 70.3 Å². The van der Waals surface area contributed by atoms with Gasteiger partial charge in [0, 0.05) is 29.9 Å². The highest BCUT2D eigenvalue weighted by molar-refractivity contribution is 6.13. The number of fused-ring (bicyclic) bond motifs is 4. The van der Waals surface area contributed by atoms with Crippen molar-refractivity contribution in [3.05, 3.63) is 83.3 Å². The molecule has 6 rings (SSSR count). The predicted octanol–water partition coefficient (Wildman–Crippen LogP) is 5.93. The third-order valence-corrected chi connectivity index (χ3v) is 7.08. The van der Waals surface area contributed by atoms with Crippen molar-refractivity contribution in [1.29, 1.82) is 0 Å². The van der Waals surface area contributed by atoms with Crippen LogP contribution in [0.15, 0.2) is 66.4 Å². The van der Waals surface area contributed by atoms with Gasteiger partial charge in [0.05, 0.1) is 16.9 Å². The van der Waals surface area contributed by atoms with Crippen LogP contribution in [-0.4, -0.2) is 21.2 Å². The quantitative estimate of drug-likeness (QED) is 0.419.